The van der Waals surface area contributed by atoms with Crippen molar-refractivity contribution < 1.29 is 19.1 Å². The number of thioether (sulfide) groups is 2. The second kappa shape index (κ2) is 71.9. The molecule has 0 saturated heterocycles. The Morgan fingerprint density at radius 2 is 0.568 bits per heavy atom. The highest BCUT2D eigenvalue weighted by Gasteiger charge is 2.17. The van der Waals surface area contributed by atoms with E-state index in [1.54, 1.807) is 0 Å². The molecule has 0 unspecified atom stereocenters. The van der Waals surface area contributed by atoms with Gasteiger partial charge in [-0.2, -0.15) is 64.8 Å². The van der Waals surface area contributed by atoms with Crippen molar-refractivity contribution in [2.24, 2.45) is 17.2 Å². The average molecular weight is 1680 g/mol. The molecule has 0 spiro atoms. The summed E-state index contributed by atoms with van der Waals surface area (Å²) in [5.41, 5.74) is 14.1. The second-order valence-corrected chi connectivity index (χ2v) is 26.5. The number of hydrogen-bond donors (Lipinski definition) is 12. The van der Waals surface area contributed by atoms with Gasteiger partial charge in [-0.1, -0.05) is 114 Å². The van der Waals surface area contributed by atoms with Gasteiger partial charge in [-0.15, -0.1) is 23.2 Å². The zero-order chi connectivity index (χ0) is 84.9. The molecule has 0 aliphatic rings. The third-order valence-corrected chi connectivity index (χ3v) is 13.2. The Bertz CT molecular complexity index is 3200. The topological polar surface area (TPSA) is 471 Å². The number of aryl methyl sites for hydroxylation is 7. The molecule has 40 heteroatoms. The molecule has 6 heterocycles. The van der Waals surface area contributed by atoms with E-state index in [4.69, 9.17) is 49.9 Å². The van der Waals surface area contributed by atoms with E-state index < -0.39 is 23.4 Å². The molecule has 634 valence electrons. The molecule has 6 aromatic heterocycles. The Balaban J connectivity index is -0.000000609. The minimum absolute atomic E-state index is 0.131. The van der Waals surface area contributed by atoms with Gasteiger partial charge in [0.1, 0.15) is 52.0 Å². The largest absolute Gasteiger partial charge is 0.444 e. The molecule has 0 fully saturated rings. The molecule has 6 aromatic rings. The SMILES string of the molecule is CCCNc1nc(CC)nc(CCC)n1.CCCNc1nc(CC)nc(CCC)n1.CCCNc1nc(CC)nc(NCCNC(=O)OC(C)(C)C)n1.CCCNc1nc(NCCN)nc(SC)n1.CCCc1nc(Cl)nc(CC)n1.CCN.CCN.CCl.CCl.CSc1nc(Cl)nc(NCCNC(=O)OC(C)(C)C)n1. The van der Waals surface area contributed by atoms with Gasteiger partial charge in [0.05, 0.1) is 0 Å². The number of alkyl halides is 2. The molecule has 15 N–H and O–H groups in total. The predicted octanol–water partition coefficient (Wildman–Crippen LogP) is 13.3. The Labute approximate surface area is 691 Å². The van der Waals surface area contributed by atoms with E-state index in [1.807, 2.05) is 81.7 Å². The van der Waals surface area contributed by atoms with Crippen LogP contribution in [-0.4, -0.2) is 217 Å². The standard InChI is InChI=1S/C15H28N6O2.C11H18ClN5O2S.2C11H20N4.C9H18N6S.C8H12ClN3.2C2H7N.2CH3Cl/c1-6-8-16-12-19-11(7-2)20-13(21-12)17-9-10-18-14(22)23-15(3,4)5;1-11(2,3)19-10(18)14-6-5-13-8-15-7(12)16-9(17-8)20-4;2*1-4-7-10-13-9(6-3)14-11(15-10)12-8-5-2;1-3-5-11-7-13-8(12-6-4-10)15-9(14-7)16-2;1-3-5-7-10-6(4-2)11-8(9)12-7;2*1-2-3;2*1-2/h6-10H2,1-5H3,(H,18,22)(H2,16,17,19,20,21);5-6H2,1-4H3,(H,14,18)(H,13,15,16,17);2*4-8H2,1-3H3,(H,12,13,14,15);3-6,10H2,1-2H3,(H2,11,12,13,14,15);3-5H2,1-2H3;2*2-3H2,1H3;2*1H3. The highest BCUT2D eigenvalue weighted by Crippen LogP contribution is 2.16. The minimum Gasteiger partial charge on any atom is -0.444 e. The fourth-order valence-electron chi connectivity index (χ4n) is 7.29. The van der Waals surface area contributed by atoms with Gasteiger partial charge in [0.2, 0.25) is 52.2 Å². The van der Waals surface area contributed by atoms with E-state index in [9.17, 15) is 9.59 Å². The molecule has 0 bridgehead atoms. The molecule has 0 aromatic carbocycles. The molecule has 0 aliphatic heterocycles. The molecule has 34 nitrogen and oxygen atoms in total. The second-order valence-electron chi connectivity index (χ2n) is 24.3. The van der Waals surface area contributed by atoms with Gasteiger partial charge in [0, 0.05) is 123 Å². The van der Waals surface area contributed by atoms with Crippen LogP contribution in [0.25, 0.3) is 0 Å². The number of rotatable bonds is 35. The summed E-state index contributed by atoms with van der Waals surface area (Å²) in [5, 5.41) is 28.8. The smallest absolute Gasteiger partial charge is 0.407 e. The fourth-order valence-corrected chi connectivity index (χ4v) is 8.41. The fraction of sp³-hybridized carbons (Fsp3) is 0.718. The van der Waals surface area contributed by atoms with Crippen molar-refractivity contribution in [2.75, 3.05) is 141 Å². The van der Waals surface area contributed by atoms with E-state index in [2.05, 4.69) is 223 Å². The first-order valence-electron chi connectivity index (χ1n) is 38.0. The van der Waals surface area contributed by atoms with Crippen LogP contribution in [0, 0.1) is 0 Å². The van der Waals surface area contributed by atoms with Crippen molar-refractivity contribution in [2.45, 2.75) is 243 Å². The highest BCUT2D eigenvalue weighted by molar-refractivity contribution is 7.98. The molecule has 0 radical (unpaired) electrons. The zero-order valence-electron chi connectivity index (χ0n) is 70.6. The number of anilines is 7. The molecular formula is C71H136Cl4N30O4S2. The Kier molecular flexibility index (Phi) is 71.5. The van der Waals surface area contributed by atoms with Gasteiger partial charge < -0.3 is 74.5 Å². The van der Waals surface area contributed by atoms with E-state index in [0.717, 1.165) is 182 Å². The lowest BCUT2D eigenvalue weighted by Gasteiger charge is -2.19. The molecule has 0 aliphatic carbocycles. The van der Waals surface area contributed by atoms with Crippen molar-refractivity contribution in [3.8, 4) is 0 Å². The first kappa shape index (κ1) is 110. The van der Waals surface area contributed by atoms with Gasteiger partial charge >= 0.3 is 12.2 Å². The van der Waals surface area contributed by atoms with Gasteiger partial charge in [-0.25, -0.2) is 34.5 Å². The van der Waals surface area contributed by atoms with Crippen LogP contribution < -0.4 is 65.1 Å². The number of nitrogens with two attached hydrogens (primary N) is 3. The zero-order valence-corrected chi connectivity index (χ0v) is 75.3. The number of nitrogens with zero attached hydrogens (tertiary/aromatic N) is 18. The number of halogens is 4. The Hall–Kier alpha value is -7.06. The summed E-state index contributed by atoms with van der Waals surface area (Å²) in [5.74, 6) is 9.96. The van der Waals surface area contributed by atoms with Crippen LogP contribution in [0.3, 0.4) is 0 Å². The quantitative estimate of drug-likeness (QED) is 0.00999. The third kappa shape index (κ3) is 62.1. The van der Waals surface area contributed by atoms with E-state index in [1.165, 1.54) is 36.3 Å². The molecule has 6 rings (SSSR count). The van der Waals surface area contributed by atoms with Crippen LogP contribution in [0.4, 0.5) is 51.2 Å². The summed E-state index contributed by atoms with van der Waals surface area (Å²) in [4.78, 5) is 99.0. The average Bonchev–Trinajstić information content (AvgIpc) is 0.888. The number of carbonyl (C=O) groups excluding carboxylic acids is 2. The first-order chi connectivity index (χ1) is 53.1. The summed E-state index contributed by atoms with van der Waals surface area (Å²) in [6.07, 6.45) is 19.2. The normalized spacial score (nSPS) is 10.1. The number of hydrogen-bond acceptors (Lipinski definition) is 34. The molecule has 0 atom stereocenters. The number of aromatic nitrogens is 18. The molecule has 111 heavy (non-hydrogen) atoms. The minimum atomic E-state index is -0.507. The van der Waals surface area contributed by atoms with Gasteiger partial charge in [-0.05, 0) is 135 Å². The Morgan fingerprint density at radius 3 is 0.865 bits per heavy atom. The van der Waals surface area contributed by atoms with Crippen LogP contribution in [0.5, 0.6) is 0 Å². The monoisotopic (exact) mass is 1680 g/mol. The lowest BCUT2D eigenvalue weighted by molar-refractivity contribution is 0.0518. The van der Waals surface area contributed by atoms with Crippen molar-refractivity contribution in [3.05, 3.63) is 51.3 Å². The van der Waals surface area contributed by atoms with Gasteiger partial charge in [0.25, 0.3) is 0 Å². The third-order valence-electron chi connectivity index (χ3n) is 11.8. The molecule has 2 amide bonds. The van der Waals surface area contributed by atoms with E-state index in [-0.39, 0.29) is 5.28 Å². The predicted molar refractivity (Wildman–Crippen MR) is 463 cm³/mol. The first-order valence-corrected chi connectivity index (χ1v) is 42.7. The van der Waals surface area contributed by atoms with E-state index in [0.29, 0.717) is 84.6 Å². The molecule has 0 saturated carbocycles. The van der Waals surface area contributed by atoms with Gasteiger partial charge in [-0.3, -0.25) is 0 Å². The number of ether oxygens (including phenoxy) is 2. The number of alkyl carbamates (subject to hydrolysis) is 2. The van der Waals surface area contributed by atoms with Crippen molar-refractivity contribution >= 4 is 124 Å². The van der Waals surface area contributed by atoms with Crippen molar-refractivity contribution in [1.29, 1.82) is 0 Å². The number of amides is 2. The van der Waals surface area contributed by atoms with Crippen LogP contribution in [0.2, 0.25) is 10.6 Å². The summed E-state index contributed by atoms with van der Waals surface area (Å²) < 4.78 is 10.3. The summed E-state index contributed by atoms with van der Waals surface area (Å²) >= 11 is 23.6. The van der Waals surface area contributed by atoms with Crippen LogP contribution in [-0.2, 0) is 54.4 Å². The van der Waals surface area contributed by atoms with Crippen LogP contribution in [0.1, 0.15) is 217 Å². The summed E-state index contributed by atoms with van der Waals surface area (Å²) in [6.45, 7) is 45.6. The molecular weight excluding hydrogens is 1540 g/mol. The van der Waals surface area contributed by atoms with Crippen LogP contribution >= 0.6 is 69.9 Å². The number of nitrogens with one attached hydrogen (secondary N) is 9. The van der Waals surface area contributed by atoms with Crippen molar-refractivity contribution in [3.63, 3.8) is 0 Å². The summed E-state index contributed by atoms with van der Waals surface area (Å²) in [6, 6.07) is 0. The highest BCUT2D eigenvalue weighted by atomic mass is 35.5. The summed E-state index contributed by atoms with van der Waals surface area (Å²) in [7, 11) is 0. The lowest BCUT2D eigenvalue weighted by atomic mass is 10.2. The maximum Gasteiger partial charge on any atom is 0.407 e. The van der Waals surface area contributed by atoms with Crippen molar-refractivity contribution in [1.82, 2.24) is 100 Å². The Morgan fingerprint density at radius 1 is 0.324 bits per heavy atom. The maximum absolute atomic E-state index is 11.5. The number of carbonyl (C=O) groups is 2. The van der Waals surface area contributed by atoms with Crippen LogP contribution in [0.15, 0.2) is 10.3 Å². The van der Waals surface area contributed by atoms with Gasteiger partial charge in [0.15, 0.2) is 10.3 Å². The van der Waals surface area contributed by atoms with E-state index >= 15 is 0 Å². The maximum atomic E-state index is 11.5. The lowest BCUT2D eigenvalue weighted by Crippen LogP contribution is -2.35.